The van der Waals surface area contributed by atoms with Gasteiger partial charge in [-0.2, -0.15) is 0 Å². The minimum Gasteiger partial charge on any atom is -0.299 e. The van der Waals surface area contributed by atoms with Gasteiger partial charge in [0.25, 0.3) is 0 Å². The van der Waals surface area contributed by atoms with Crippen molar-refractivity contribution in [2.24, 2.45) is 0 Å². The molecule has 0 spiro atoms. The first-order chi connectivity index (χ1) is 9.70. The van der Waals surface area contributed by atoms with Crippen molar-refractivity contribution in [2.75, 3.05) is 0 Å². The van der Waals surface area contributed by atoms with Gasteiger partial charge in [-0.1, -0.05) is 71.8 Å². The number of carbonyl (C=O) groups is 1. The fraction of sp³-hybridized carbons (Fsp3) is 0.105. The summed E-state index contributed by atoms with van der Waals surface area (Å²) in [6.07, 6.45) is 6.05. The van der Waals surface area contributed by atoms with Crippen molar-refractivity contribution in [1.82, 2.24) is 0 Å². The number of aryl methyl sites for hydroxylation is 2. The molecule has 0 atom stereocenters. The van der Waals surface area contributed by atoms with Crippen LogP contribution in [0.25, 0.3) is 5.57 Å². The Labute approximate surface area is 120 Å². The van der Waals surface area contributed by atoms with Gasteiger partial charge in [0.2, 0.25) is 0 Å². The standard InChI is InChI=1S/C19H18O/c1-15-6-10-17(11-7-15)19(5-3-4-14-20)18-12-8-16(2)9-13-18/h3-14H,1-2H3. The van der Waals surface area contributed by atoms with E-state index in [0.717, 1.165) is 23.0 Å². The molecule has 0 bridgehead atoms. The fourth-order valence-corrected chi connectivity index (χ4v) is 2.02. The van der Waals surface area contributed by atoms with Crippen LogP contribution in [0.3, 0.4) is 0 Å². The lowest BCUT2D eigenvalue weighted by molar-refractivity contribution is -0.104. The molecular weight excluding hydrogens is 244 g/mol. The Bertz CT molecular complexity index is 581. The maximum atomic E-state index is 10.4. The zero-order chi connectivity index (χ0) is 14.4. The van der Waals surface area contributed by atoms with Crippen LogP contribution in [0.5, 0.6) is 0 Å². The van der Waals surface area contributed by atoms with Gasteiger partial charge >= 0.3 is 0 Å². The lowest BCUT2D eigenvalue weighted by Gasteiger charge is -2.09. The van der Waals surface area contributed by atoms with Crippen molar-refractivity contribution in [3.8, 4) is 0 Å². The Morgan fingerprint density at radius 3 is 1.60 bits per heavy atom. The number of hydrogen-bond acceptors (Lipinski definition) is 1. The Balaban J connectivity index is 2.46. The van der Waals surface area contributed by atoms with E-state index >= 15 is 0 Å². The molecule has 1 heteroatoms. The molecule has 2 aromatic rings. The molecular formula is C19H18O. The van der Waals surface area contributed by atoms with Crippen molar-refractivity contribution in [3.63, 3.8) is 0 Å². The van der Waals surface area contributed by atoms with Crippen LogP contribution in [0.2, 0.25) is 0 Å². The van der Waals surface area contributed by atoms with E-state index in [4.69, 9.17) is 0 Å². The maximum absolute atomic E-state index is 10.4. The van der Waals surface area contributed by atoms with Crippen LogP contribution in [0.1, 0.15) is 22.3 Å². The van der Waals surface area contributed by atoms with Gasteiger partial charge in [-0.15, -0.1) is 0 Å². The van der Waals surface area contributed by atoms with Gasteiger partial charge in [0.1, 0.15) is 6.29 Å². The number of aldehydes is 1. The average Bonchev–Trinajstić information content (AvgIpc) is 2.46. The Morgan fingerprint density at radius 2 is 1.20 bits per heavy atom. The predicted octanol–water partition coefficient (Wildman–Crippen LogP) is 4.49. The SMILES string of the molecule is Cc1ccc(C(=CC=CC=O)c2ccc(C)cc2)cc1. The lowest BCUT2D eigenvalue weighted by atomic mass is 9.96. The second-order valence-electron chi connectivity index (χ2n) is 4.83. The van der Waals surface area contributed by atoms with Gasteiger partial charge in [-0.3, -0.25) is 4.79 Å². The second kappa shape index (κ2) is 6.67. The summed E-state index contributed by atoms with van der Waals surface area (Å²) in [4.78, 5) is 10.4. The summed E-state index contributed by atoms with van der Waals surface area (Å²) in [5.41, 5.74) is 5.88. The summed E-state index contributed by atoms with van der Waals surface area (Å²) in [6, 6.07) is 16.8. The number of benzene rings is 2. The van der Waals surface area contributed by atoms with Crippen molar-refractivity contribution in [3.05, 3.63) is 89.0 Å². The van der Waals surface area contributed by atoms with Crippen LogP contribution in [0.15, 0.2) is 66.8 Å². The van der Waals surface area contributed by atoms with Gasteiger partial charge in [0.15, 0.2) is 0 Å². The second-order valence-corrected chi connectivity index (χ2v) is 4.83. The highest BCUT2D eigenvalue weighted by Gasteiger charge is 2.03. The topological polar surface area (TPSA) is 17.1 Å². The Hall–Kier alpha value is -2.41. The third-order valence-electron chi connectivity index (χ3n) is 3.18. The summed E-state index contributed by atoms with van der Waals surface area (Å²) < 4.78 is 0. The first-order valence-electron chi connectivity index (χ1n) is 6.67. The van der Waals surface area contributed by atoms with E-state index in [1.165, 1.54) is 17.2 Å². The predicted molar refractivity (Wildman–Crippen MR) is 84.6 cm³/mol. The molecule has 0 aliphatic carbocycles. The van der Waals surface area contributed by atoms with Crippen LogP contribution in [-0.4, -0.2) is 6.29 Å². The number of carbonyl (C=O) groups excluding carboxylic acids is 1. The van der Waals surface area contributed by atoms with Crippen molar-refractivity contribution >= 4 is 11.9 Å². The monoisotopic (exact) mass is 262 g/mol. The van der Waals surface area contributed by atoms with E-state index in [2.05, 4.69) is 62.4 Å². The van der Waals surface area contributed by atoms with E-state index in [-0.39, 0.29) is 0 Å². The quantitative estimate of drug-likeness (QED) is 0.451. The van der Waals surface area contributed by atoms with E-state index in [0.29, 0.717) is 0 Å². The molecule has 0 unspecified atom stereocenters. The Kier molecular flexibility index (Phi) is 4.67. The van der Waals surface area contributed by atoms with Crippen LogP contribution >= 0.6 is 0 Å². The van der Waals surface area contributed by atoms with Gasteiger partial charge in [0.05, 0.1) is 0 Å². The normalized spacial score (nSPS) is 10.5. The van der Waals surface area contributed by atoms with Gasteiger partial charge in [-0.25, -0.2) is 0 Å². The largest absolute Gasteiger partial charge is 0.299 e. The molecule has 2 aromatic carbocycles. The molecule has 0 saturated heterocycles. The summed E-state index contributed by atoms with van der Waals surface area (Å²) in [6.45, 7) is 4.15. The van der Waals surface area contributed by atoms with Crippen LogP contribution < -0.4 is 0 Å². The highest BCUT2D eigenvalue weighted by Crippen LogP contribution is 2.24. The highest BCUT2D eigenvalue weighted by atomic mass is 16.1. The molecule has 100 valence electrons. The molecule has 0 aliphatic rings. The first kappa shape index (κ1) is 14.0. The molecule has 2 rings (SSSR count). The zero-order valence-electron chi connectivity index (χ0n) is 11.8. The van der Waals surface area contributed by atoms with Gasteiger partial charge < -0.3 is 0 Å². The average molecular weight is 262 g/mol. The highest BCUT2D eigenvalue weighted by molar-refractivity contribution is 5.81. The van der Waals surface area contributed by atoms with Crippen molar-refractivity contribution in [2.45, 2.75) is 13.8 Å². The fourth-order valence-electron chi connectivity index (χ4n) is 2.02. The zero-order valence-corrected chi connectivity index (χ0v) is 11.8. The van der Waals surface area contributed by atoms with Crippen LogP contribution in [-0.2, 0) is 4.79 Å². The molecule has 0 aliphatic heterocycles. The van der Waals surface area contributed by atoms with E-state index in [1.807, 2.05) is 6.08 Å². The van der Waals surface area contributed by atoms with E-state index < -0.39 is 0 Å². The third-order valence-corrected chi connectivity index (χ3v) is 3.18. The number of rotatable bonds is 4. The van der Waals surface area contributed by atoms with Crippen molar-refractivity contribution in [1.29, 1.82) is 0 Å². The molecule has 0 heterocycles. The molecule has 0 aromatic heterocycles. The van der Waals surface area contributed by atoms with Gasteiger partial charge in [-0.05, 0) is 36.6 Å². The first-order valence-corrected chi connectivity index (χ1v) is 6.67. The van der Waals surface area contributed by atoms with E-state index in [1.54, 1.807) is 6.08 Å². The smallest absolute Gasteiger partial charge is 0.142 e. The number of hydrogen-bond donors (Lipinski definition) is 0. The minimum absolute atomic E-state index is 0.790. The molecule has 0 radical (unpaired) electrons. The lowest BCUT2D eigenvalue weighted by Crippen LogP contribution is -1.88. The minimum atomic E-state index is 0.790. The molecule has 0 fully saturated rings. The molecule has 20 heavy (non-hydrogen) atoms. The summed E-state index contributed by atoms with van der Waals surface area (Å²) in [7, 11) is 0. The summed E-state index contributed by atoms with van der Waals surface area (Å²) >= 11 is 0. The number of allylic oxidation sites excluding steroid dienone is 3. The van der Waals surface area contributed by atoms with Crippen LogP contribution in [0, 0.1) is 13.8 Å². The molecule has 0 saturated carbocycles. The summed E-state index contributed by atoms with van der Waals surface area (Å²) in [5.74, 6) is 0. The summed E-state index contributed by atoms with van der Waals surface area (Å²) in [5, 5.41) is 0. The van der Waals surface area contributed by atoms with E-state index in [9.17, 15) is 4.79 Å². The molecule has 0 amide bonds. The van der Waals surface area contributed by atoms with Crippen molar-refractivity contribution < 1.29 is 4.79 Å². The Morgan fingerprint density at radius 1 is 0.750 bits per heavy atom. The maximum Gasteiger partial charge on any atom is 0.142 e. The molecule has 1 nitrogen and oxygen atoms in total. The molecule has 0 N–H and O–H groups in total. The van der Waals surface area contributed by atoms with Gasteiger partial charge in [0, 0.05) is 0 Å². The third kappa shape index (κ3) is 3.55. The van der Waals surface area contributed by atoms with Crippen LogP contribution in [0.4, 0.5) is 0 Å².